The van der Waals surface area contributed by atoms with Crippen LogP contribution in [0.2, 0.25) is 0 Å². The molecule has 0 bridgehead atoms. The van der Waals surface area contributed by atoms with E-state index in [2.05, 4.69) is 19.2 Å². The Labute approximate surface area is 130 Å². The van der Waals surface area contributed by atoms with Crippen LogP contribution in [0.5, 0.6) is 0 Å². The maximum absolute atomic E-state index is 11.1. The van der Waals surface area contributed by atoms with Crippen LogP contribution in [0.3, 0.4) is 0 Å². The Balaban J connectivity index is 2.40. The lowest BCUT2D eigenvalue weighted by atomic mass is 10.0. The van der Waals surface area contributed by atoms with Crippen molar-refractivity contribution in [1.29, 1.82) is 0 Å². The Kier molecular flexibility index (Phi) is 7.88. The van der Waals surface area contributed by atoms with Crippen molar-refractivity contribution in [3.05, 3.63) is 0 Å². The number of thioether (sulfide) groups is 1. The number of aliphatic carboxylic acids is 1. The molecule has 0 aromatic carbocycles. The average molecular weight is 318 g/mol. The minimum absolute atomic E-state index is 0.0432. The molecule has 122 valence electrons. The second kappa shape index (κ2) is 9.15. The normalized spacial score (nSPS) is 20.0. The highest BCUT2D eigenvalue weighted by Crippen LogP contribution is 2.18. The Morgan fingerprint density at radius 1 is 1.38 bits per heavy atom. The first kappa shape index (κ1) is 18.1. The molecule has 1 rings (SSSR count). The molecule has 0 aromatic heterocycles. The van der Waals surface area contributed by atoms with Crippen LogP contribution in [0.25, 0.3) is 0 Å². The minimum atomic E-state index is -0.847. The average Bonchev–Trinajstić information content (AvgIpc) is 2.83. The second-order valence-corrected chi connectivity index (χ2v) is 6.95. The third-order valence-corrected chi connectivity index (χ3v) is 4.65. The van der Waals surface area contributed by atoms with Crippen molar-refractivity contribution in [2.24, 2.45) is 5.92 Å². The molecule has 1 saturated heterocycles. The number of likely N-dealkylation sites (tertiary alicyclic amines) is 1. The van der Waals surface area contributed by atoms with Crippen molar-refractivity contribution in [2.45, 2.75) is 45.2 Å². The molecule has 1 amide bonds. The fraction of sp³-hybridized carbons (Fsp3) is 0.857. The van der Waals surface area contributed by atoms with Crippen LogP contribution in [0.15, 0.2) is 0 Å². The van der Waals surface area contributed by atoms with Gasteiger partial charge in [-0.05, 0) is 25.2 Å². The fourth-order valence-corrected chi connectivity index (χ4v) is 3.50. The van der Waals surface area contributed by atoms with Gasteiger partial charge in [0.15, 0.2) is 0 Å². The first-order chi connectivity index (χ1) is 9.90. The monoisotopic (exact) mass is 318 g/mol. The van der Waals surface area contributed by atoms with Crippen LogP contribution in [-0.2, 0) is 4.79 Å². The molecule has 0 unspecified atom stereocenters. The predicted molar refractivity (Wildman–Crippen MR) is 84.0 cm³/mol. The van der Waals surface area contributed by atoms with Crippen LogP contribution in [0.1, 0.15) is 33.1 Å². The van der Waals surface area contributed by atoms with Crippen molar-refractivity contribution in [3.8, 4) is 0 Å². The van der Waals surface area contributed by atoms with E-state index in [0.717, 1.165) is 25.0 Å². The van der Waals surface area contributed by atoms with E-state index >= 15 is 0 Å². The SMILES string of the molecule is CC(C)C[C@@H](CSCC(=O)O)NC[C@H]1CCCN1C(=O)O. The third kappa shape index (κ3) is 7.04. The summed E-state index contributed by atoms with van der Waals surface area (Å²) in [6.07, 6.45) is 1.93. The number of nitrogens with zero attached hydrogens (tertiary/aromatic N) is 1. The zero-order valence-electron chi connectivity index (χ0n) is 12.7. The number of hydrogen-bond acceptors (Lipinski definition) is 4. The van der Waals surface area contributed by atoms with E-state index in [-0.39, 0.29) is 17.8 Å². The van der Waals surface area contributed by atoms with Crippen molar-refractivity contribution >= 4 is 23.8 Å². The van der Waals surface area contributed by atoms with Gasteiger partial charge < -0.3 is 20.4 Å². The summed E-state index contributed by atoms with van der Waals surface area (Å²) in [5.41, 5.74) is 0. The highest BCUT2D eigenvalue weighted by atomic mass is 32.2. The van der Waals surface area contributed by atoms with Gasteiger partial charge in [0.2, 0.25) is 0 Å². The van der Waals surface area contributed by atoms with E-state index in [9.17, 15) is 9.59 Å². The van der Waals surface area contributed by atoms with Crippen LogP contribution in [-0.4, -0.2) is 63.9 Å². The lowest BCUT2D eigenvalue weighted by Gasteiger charge is -2.26. The van der Waals surface area contributed by atoms with Gasteiger partial charge in [-0.2, -0.15) is 0 Å². The molecule has 0 radical (unpaired) electrons. The maximum Gasteiger partial charge on any atom is 0.407 e. The zero-order chi connectivity index (χ0) is 15.8. The van der Waals surface area contributed by atoms with Crippen molar-refractivity contribution in [1.82, 2.24) is 10.2 Å². The van der Waals surface area contributed by atoms with Gasteiger partial charge in [0.1, 0.15) is 0 Å². The molecule has 0 spiro atoms. The number of hydrogen-bond donors (Lipinski definition) is 3. The molecule has 0 aliphatic carbocycles. The van der Waals surface area contributed by atoms with Crippen LogP contribution in [0, 0.1) is 5.92 Å². The smallest absolute Gasteiger partial charge is 0.407 e. The molecule has 21 heavy (non-hydrogen) atoms. The molecule has 6 nitrogen and oxygen atoms in total. The Bertz CT molecular complexity index is 352. The summed E-state index contributed by atoms with van der Waals surface area (Å²) < 4.78 is 0. The van der Waals surface area contributed by atoms with Crippen LogP contribution < -0.4 is 5.32 Å². The molecular weight excluding hydrogens is 292 g/mol. The summed E-state index contributed by atoms with van der Waals surface area (Å²) >= 11 is 1.41. The minimum Gasteiger partial charge on any atom is -0.481 e. The van der Waals surface area contributed by atoms with Gasteiger partial charge >= 0.3 is 12.1 Å². The summed E-state index contributed by atoms with van der Waals surface area (Å²) in [4.78, 5) is 23.2. The Morgan fingerprint density at radius 3 is 2.67 bits per heavy atom. The summed E-state index contributed by atoms with van der Waals surface area (Å²) in [6.45, 7) is 5.53. The molecule has 3 N–H and O–H groups in total. The maximum atomic E-state index is 11.1. The predicted octanol–water partition coefficient (Wildman–Crippen LogP) is 1.95. The van der Waals surface area contributed by atoms with Gasteiger partial charge in [0.25, 0.3) is 0 Å². The fourth-order valence-electron chi connectivity index (χ4n) is 2.67. The lowest BCUT2D eigenvalue weighted by molar-refractivity contribution is -0.133. The number of carboxylic acids is 1. The number of rotatable bonds is 9. The molecular formula is C14H26N2O4S. The van der Waals surface area contributed by atoms with E-state index in [1.165, 1.54) is 16.7 Å². The van der Waals surface area contributed by atoms with Gasteiger partial charge in [0.05, 0.1) is 5.75 Å². The molecule has 0 saturated carbocycles. The molecule has 0 aromatic rings. The molecule has 1 aliphatic rings. The third-order valence-electron chi connectivity index (χ3n) is 3.57. The van der Waals surface area contributed by atoms with Gasteiger partial charge in [-0.15, -0.1) is 11.8 Å². The van der Waals surface area contributed by atoms with E-state index in [1.54, 1.807) is 0 Å². The van der Waals surface area contributed by atoms with Gasteiger partial charge in [0, 0.05) is 30.9 Å². The number of carboxylic acid groups (broad SMARTS) is 2. The number of carbonyl (C=O) groups is 2. The summed E-state index contributed by atoms with van der Waals surface area (Å²) in [5, 5.41) is 21.3. The van der Waals surface area contributed by atoms with Crippen molar-refractivity contribution in [3.63, 3.8) is 0 Å². The second-order valence-electron chi connectivity index (χ2n) is 5.92. The van der Waals surface area contributed by atoms with Gasteiger partial charge in [-0.3, -0.25) is 4.79 Å². The van der Waals surface area contributed by atoms with E-state index in [0.29, 0.717) is 19.0 Å². The lowest BCUT2D eigenvalue weighted by Crippen LogP contribution is -2.45. The van der Waals surface area contributed by atoms with Crippen LogP contribution >= 0.6 is 11.8 Å². The van der Waals surface area contributed by atoms with E-state index in [4.69, 9.17) is 10.2 Å². The topological polar surface area (TPSA) is 89.9 Å². The van der Waals surface area contributed by atoms with E-state index in [1.807, 2.05) is 0 Å². The molecule has 1 heterocycles. The number of amides is 1. The molecule has 1 aliphatic heterocycles. The van der Waals surface area contributed by atoms with Crippen molar-refractivity contribution < 1.29 is 19.8 Å². The first-order valence-electron chi connectivity index (χ1n) is 7.42. The van der Waals surface area contributed by atoms with Crippen LogP contribution in [0.4, 0.5) is 4.79 Å². The molecule has 2 atom stereocenters. The standard InChI is InChI=1S/C14H26N2O4S/c1-10(2)6-11(8-21-9-13(17)18)15-7-12-4-3-5-16(12)14(19)20/h10-12,15H,3-9H2,1-2H3,(H,17,18)(H,19,20)/t11-,12+/m0/s1. The first-order valence-corrected chi connectivity index (χ1v) is 8.58. The largest absolute Gasteiger partial charge is 0.481 e. The Morgan fingerprint density at radius 2 is 2.10 bits per heavy atom. The highest BCUT2D eigenvalue weighted by molar-refractivity contribution is 7.99. The molecule has 7 heteroatoms. The van der Waals surface area contributed by atoms with Gasteiger partial charge in [-0.25, -0.2) is 4.79 Å². The van der Waals surface area contributed by atoms with Crippen molar-refractivity contribution in [2.75, 3.05) is 24.6 Å². The summed E-state index contributed by atoms with van der Waals surface area (Å²) in [5.74, 6) is 0.578. The highest BCUT2D eigenvalue weighted by Gasteiger charge is 2.28. The quantitative estimate of drug-likeness (QED) is 0.602. The summed E-state index contributed by atoms with van der Waals surface area (Å²) in [7, 11) is 0. The zero-order valence-corrected chi connectivity index (χ0v) is 13.6. The summed E-state index contributed by atoms with van der Waals surface area (Å²) in [6, 6.07) is 0.271. The van der Waals surface area contributed by atoms with E-state index < -0.39 is 12.1 Å². The number of nitrogens with one attached hydrogen (secondary N) is 1. The molecule has 1 fully saturated rings. The Hall–Kier alpha value is -0.950. The van der Waals surface area contributed by atoms with Gasteiger partial charge in [-0.1, -0.05) is 13.8 Å².